The van der Waals surface area contributed by atoms with Crippen molar-refractivity contribution in [2.75, 3.05) is 11.6 Å². The van der Waals surface area contributed by atoms with Crippen LogP contribution in [0.5, 0.6) is 0 Å². The zero-order chi connectivity index (χ0) is 12.2. The Kier molecular flexibility index (Phi) is 3.62. The van der Waals surface area contributed by atoms with Crippen molar-refractivity contribution >= 4 is 28.0 Å². The van der Waals surface area contributed by atoms with Crippen molar-refractivity contribution in [3.8, 4) is 0 Å². The van der Waals surface area contributed by atoms with Gasteiger partial charge in [-0.15, -0.1) is 0 Å². The van der Waals surface area contributed by atoms with Gasteiger partial charge in [0.05, 0.1) is 6.26 Å². The highest BCUT2D eigenvalue weighted by molar-refractivity contribution is 7.89. The number of hydrogen-bond donors (Lipinski definition) is 2. The first-order chi connectivity index (χ1) is 7.42. The Morgan fingerprint density at radius 2 is 1.81 bits per heavy atom. The molecule has 0 aliphatic rings. The molecule has 0 radical (unpaired) electrons. The number of rotatable bonds is 4. The Balaban J connectivity index is 2.82. The third kappa shape index (κ3) is 3.70. The lowest BCUT2D eigenvalue weighted by atomic mass is 10.2. The second-order valence-electron chi connectivity index (χ2n) is 3.04. The van der Waals surface area contributed by atoms with Crippen molar-refractivity contribution in [2.24, 2.45) is 0 Å². The van der Waals surface area contributed by atoms with Gasteiger partial charge in [-0.25, -0.2) is 13.1 Å². The van der Waals surface area contributed by atoms with E-state index in [1.165, 1.54) is 24.3 Å². The lowest BCUT2D eigenvalue weighted by molar-refractivity contribution is -0.105. The van der Waals surface area contributed by atoms with Gasteiger partial charge in [0, 0.05) is 11.3 Å². The highest BCUT2D eigenvalue weighted by atomic mass is 32.2. The minimum absolute atomic E-state index is 0.196. The predicted molar refractivity (Wildman–Crippen MR) is 58.4 cm³/mol. The first-order valence-electron chi connectivity index (χ1n) is 4.25. The van der Waals surface area contributed by atoms with Gasteiger partial charge in [-0.1, -0.05) is 0 Å². The van der Waals surface area contributed by atoms with Crippen molar-refractivity contribution in [3.63, 3.8) is 0 Å². The molecule has 86 valence electrons. The van der Waals surface area contributed by atoms with Crippen LogP contribution >= 0.6 is 0 Å². The molecule has 0 aliphatic heterocycles. The van der Waals surface area contributed by atoms with Gasteiger partial charge in [-0.3, -0.25) is 9.59 Å². The minimum atomic E-state index is -3.56. The fraction of sp³-hybridized carbons (Fsp3) is 0.111. The first kappa shape index (κ1) is 12.2. The number of hydrogen-bond acceptors (Lipinski definition) is 4. The number of benzene rings is 1. The number of sulfonamides is 1. The summed E-state index contributed by atoms with van der Waals surface area (Å²) in [7, 11) is -3.56. The van der Waals surface area contributed by atoms with Crippen LogP contribution in [0.2, 0.25) is 0 Å². The third-order valence-corrected chi connectivity index (χ3v) is 2.21. The molecule has 16 heavy (non-hydrogen) atoms. The van der Waals surface area contributed by atoms with E-state index in [1.54, 1.807) is 0 Å². The summed E-state index contributed by atoms with van der Waals surface area (Å²) in [6.07, 6.45) is 1.40. The van der Waals surface area contributed by atoms with Crippen molar-refractivity contribution < 1.29 is 18.0 Å². The molecule has 0 fully saturated rings. The molecule has 0 saturated carbocycles. The zero-order valence-electron chi connectivity index (χ0n) is 8.43. The SMILES string of the molecule is CS(=O)(=O)NC(=O)c1ccc(NC=O)cc1. The Morgan fingerprint density at radius 1 is 1.25 bits per heavy atom. The summed E-state index contributed by atoms with van der Waals surface area (Å²) in [6.45, 7) is 0. The number of amides is 2. The lowest BCUT2D eigenvalue weighted by Crippen LogP contribution is -2.29. The molecule has 1 aromatic rings. The van der Waals surface area contributed by atoms with E-state index < -0.39 is 15.9 Å². The predicted octanol–water partition coefficient (Wildman–Crippen LogP) is -0.0557. The summed E-state index contributed by atoms with van der Waals surface area (Å²) in [5.41, 5.74) is 0.716. The van der Waals surface area contributed by atoms with Gasteiger partial charge < -0.3 is 5.32 Å². The molecule has 0 aliphatic carbocycles. The second kappa shape index (κ2) is 4.75. The van der Waals surface area contributed by atoms with Gasteiger partial charge in [0.15, 0.2) is 0 Å². The van der Waals surface area contributed by atoms with E-state index in [0.29, 0.717) is 12.1 Å². The highest BCUT2D eigenvalue weighted by Gasteiger charge is 2.10. The Labute approximate surface area is 92.7 Å². The van der Waals surface area contributed by atoms with Crippen LogP contribution in [0.4, 0.5) is 5.69 Å². The topological polar surface area (TPSA) is 92.3 Å². The maximum absolute atomic E-state index is 11.3. The second-order valence-corrected chi connectivity index (χ2v) is 4.79. The monoisotopic (exact) mass is 242 g/mol. The molecule has 2 amide bonds. The maximum Gasteiger partial charge on any atom is 0.264 e. The van der Waals surface area contributed by atoms with E-state index in [0.717, 1.165) is 6.26 Å². The van der Waals surface area contributed by atoms with Crippen LogP contribution in [0, 0.1) is 0 Å². The first-order valence-corrected chi connectivity index (χ1v) is 6.14. The van der Waals surface area contributed by atoms with Gasteiger partial charge in [-0.2, -0.15) is 0 Å². The van der Waals surface area contributed by atoms with Crippen molar-refractivity contribution in [2.45, 2.75) is 0 Å². The summed E-state index contributed by atoms with van der Waals surface area (Å²) in [5, 5.41) is 2.39. The third-order valence-electron chi connectivity index (χ3n) is 1.65. The normalized spacial score (nSPS) is 10.6. The van der Waals surface area contributed by atoms with E-state index in [4.69, 9.17) is 0 Å². The van der Waals surface area contributed by atoms with Gasteiger partial charge >= 0.3 is 0 Å². The molecular weight excluding hydrogens is 232 g/mol. The smallest absolute Gasteiger partial charge is 0.264 e. The number of nitrogens with one attached hydrogen (secondary N) is 2. The number of carbonyl (C=O) groups is 2. The summed E-state index contributed by atoms with van der Waals surface area (Å²) in [4.78, 5) is 21.5. The summed E-state index contributed by atoms with van der Waals surface area (Å²) in [5.74, 6) is -0.708. The van der Waals surface area contributed by atoms with Crippen LogP contribution in [0.15, 0.2) is 24.3 Å². The fourth-order valence-electron chi connectivity index (χ4n) is 1.01. The Morgan fingerprint density at radius 3 is 2.25 bits per heavy atom. The molecule has 0 atom stereocenters. The van der Waals surface area contributed by atoms with Crippen LogP contribution in [-0.4, -0.2) is 27.0 Å². The standard InChI is InChI=1S/C9H10N2O4S/c1-16(14,15)11-9(13)7-2-4-8(5-3-7)10-6-12/h2-6H,1H3,(H,10,12)(H,11,13). The van der Waals surface area contributed by atoms with E-state index in [2.05, 4.69) is 5.32 Å². The van der Waals surface area contributed by atoms with Gasteiger partial charge in [-0.05, 0) is 24.3 Å². The van der Waals surface area contributed by atoms with Crippen LogP contribution in [0.3, 0.4) is 0 Å². The van der Waals surface area contributed by atoms with Crippen molar-refractivity contribution in [1.29, 1.82) is 0 Å². The molecule has 1 aromatic carbocycles. The van der Waals surface area contributed by atoms with Gasteiger partial charge in [0.25, 0.3) is 5.91 Å². The number of carbonyl (C=O) groups excluding carboxylic acids is 2. The van der Waals surface area contributed by atoms with Crippen LogP contribution in [0.25, 0.3) is 0 Å². The van der Waals surface area contributed by atoms with Gasteiger partial charge in [0.2, 0.25) is 16.4 Å². The van der Waals surface area contributed by atoms with Crippen molar-refractivity contribution in [1.82, 2.24) is 4.72 Å². The maximum atomic E-state index is 11.3. The van der Waals surface area contributed by atoms with E-state index in [1.807, 2.05) is 4.72 Å². The van der Waals surface area contributed by atoms with Gasteiger partial charge in [0.1, 0.15) is 0 Å². The molecule has 2 N–H and O–H groups in total. The summed E-state index contributed by atoms with van der Waals surface area (Å²) < 4.78 is 23.4. The molecule has 0 aromatic heterocycles. The van der Waals surface area contributed by atoms with Crippen LogP contribution < -0.4 is 10.0 Å². The molecule has 1 rings (SSSR count). The van der Waals surface area contributed by atoms with E-state index in [9.17, 15) is 18.0 Å². The minimum Gasteiger partial charge on any atom is -0.329 e. The Hall–Kier alpha value is -1.89. The molecule has 0 heterocycles. The molecule has 7 heteroatoms. The summed E-state index contributed by atoms with van der Waals surface area (Å²) >= 11 is 0. The lowest BCUT2D eigenvalue weighted by Gasteiger charge is -2.03. The molecule has 0 unspecified atom stereocenters. The zero-order valence-corrected chi connectivity index (χ0v) is 9.24. The van der Waals surface area contributed by atoms with Crippen LogP contribution in [-0.2, 0) is 14.8 Å². The largest absolute Gasteiger partial charge is 0.329 e. The fourth-order valence-corrected chi connectivity index (χ4v) is 1.47. The molecule has 0 bridgehead atoms. The average molecular weight is 242 g/mol. The molecule has 6 nitrogen and oxygen atoms in total. The molecule has 0 spiro atoms. The highest BCUT2D eigenvalue weighted by Crippen LogP contribution is 2.08. The molecule has 0 saturated heterocycles. The van der Waals surface area contributed by atoms with Crippen LogP contribution in [0.1, 0.15) is 10.4 Å². The van der Waals surface area contributed by atoms with Crippen molar-refractivity contribution in [3.05, 3.63) is 29.8 Å². The average Bonchev–Trinajstić information content (AvgIpc) is 2.16. The van der Waals surface area contributed by atoms with E-state index >= 15 is 0 Å². The Bertz CT molecular complexity index is 493. The number of anilines is 1. The van der Waals surface area contributed by atoms with E-state index in [-0.39, 0.29) is 5.56 Å². The summed E-state index contributed by atoms with van der Waals surface area (Å²) in [6, 6.07) is 5.80. The molecular formula is C9H10N2O4S. The quantitative estimate of drug-likeness (QED) is 0.724.